The second kappa shape index (κ2) is 6.56. The van der Waals surface area contributed by atoms with Crippen molar-refractivity contribution in [3.8, 4) is 0 Å². The molecule has 1 rings (SSSR count). The minimum Gasteiger partial charge on any atom is -0.409 e. The van der Waals surface area contributed by atoms with Crippen molar-refractivity contribution in [1.82, 2.24) is 0 Å². The van der Waals surface area contributed by atoms with Crippen molar-refractivity contribution in [1.29, 1.82) is 0 Å². The normalized spacial score (nSPS) is 12.7. The fourth-order valence-electron chi connectivity index (χ4n) is 1.48. The first-order valence-corrected chi connectivity index (χ1v) is 7.68. The van der Waals surface area contributed by atoms with Gasteiger partial charge in [0.2, 0.25) is 10.0 Å². The van der Waals surface area contributed by atoms with Crippen molar-refractivity contribution in [2.45, 2.75) is 20.3 Å². The number of amidine groups is 1. The molecule has 0 radical (unpaired) electrons. The molecule has 8 heteroatoms. The molecule has 0 aromatic heterocycles. The number of nitrogens with two attached hydrogens (primary N) is 1. The quantitative estimate of drug-likeness (QED) is 0.322. The van der Waals surface area contributed by atoms with Crippen molar-refractivity contribution in [2.24, 2.45) is 16.8 Å². The third-order valence-electron chi connectivity index (χ3n) is 2.59. The molecule has 0 aliphatic heterocycles. The van der Waals surface area contributed by atoms with Crippen LogP contribution in [0.1, 0.15) is 25.8 Å². The van der Waals surface area contributed by atoms with E-state index in [2.05, 4.69) is 9.88 Å². The minimum absolute atomic E-state index is 0.0133. The molecule has 0 unspecified atom stereocenters. The largest absolute Gasteiger partial charge is 0.409 e. The maximum absolute atomic E-state index is 13.2. The van der Waals surface area contributed by atoms with Crippen molar-refractivity contribution < 1.29 is 18.0 Å². The van der Waals surface area contributed by atoms with Crippen molar-refractivity contribution in [3.05, 3.63) is 29.6 Å². The Morgan fingerprint density at radius 1 is 1.50 bits per heavy atom. The van der Waals surface area contributed by atoms with E-state index < -0.39 is 15.8 Å². The van der Waals surface area contributed by atoms with Crippen LogP contribution in [0.4, 0.5) is 10.1 Å². The summed E-state index contributed by atoms with van der Waals surface area (Å²) in [6.07, 6.45) is 0.495. The predicted octanol–water partition coefficient (Wildman–Crippen LogP) is 1.71. The topological polar surface area (TPSA) is 105 Å². The maximum Gasteiger partial charge on any atom is 0.232 e. The van der Waals surface area contributed by atoms with Crippen LogP contribution in [0.3, 0.4) is 0 Å². The monoisotopic (exact) mass is 303 g/mol. The Hall–Kier alpha value is -1.83. The first-order chi connectivity index (χ1) is 9.25. The zero-order valence-corrected chi connectivity index (χ0v) is 12.1. The zero-order valence-electron chi connectivity index (χ0n) is 11.3. The number of oxime groups is 1. The average molecular weight is 303 g/mol. The van der Waals surface area contributed by atoms with Crippen LogP contribution >= 0.6 is 0 Å². The van der Waals surface area contributed by atoms with E-state index in [9.17, 15) is 12.8 Å². The van der Waals surface area contributed by atoms with Crippen LogP contribution in [0.25, 0.3) is 0 Å². The van der Waals surface area contributed by atoms with Gasteiger partial charge in [-0.3, -0.25) is 4.72 Å². The summed E-state index contributed by atoms with van der Waals surface area (Å²) in [4.78, 5) is 0. The molecule has 112 valence electrons. The Labute approximate surface area is 117 Å². The van der Waals surface area contributed by atoms with Gasteiger partial charge in [-0.25, -0.2) is 12.8 Å². The summed E-state index contributed by atoms with van der Waals surface area (Å²) in [6.45, 7) is 3.82. The molecular weight excluding hydrogens is 285 g/mol. The second-order valence-electron chi connectivity index (χ2n) is 4.78. The fraction of sp³-hybridized carbons (Fsp3) is 0.417. The Kier molecular flexibility index (Phi) is 5.32. The number of nitrogens with zero attached hydrogens (tertiary/aromatic N) is 1. The van der Waals surface area contributed by atoms with Crippen LogP contribution in [-0.2, 0) is 10.0 Å². The molecule has 0 bridgehead atoms. The lowest BCUT2D eigenvalue weighted by atomic mass is 10.1. The van der Waals surface area contributed by atoms with Gasteiger partial charge in [-0.05, 0) is 30.5 Å². The van der Waals surface area contributed by atoms with E-state index >= 15 is 0 Å². The zero-order chi connectivity index (χ0) is 15.3. The maximum atomic E-state index is 13.2. The average Bonchev–Trinajstić information content (AvgIpc) is 2.37. The third-order valence-corrected chi connectivity index (χ3v) is 3.90. The number of hydrogen-bond acceptors (Lipinski definition) is 4. The number of benzene rings is 1. The third kappa shape index (κ3) is 4.69. The van der Waals surface area contributed by atoms with Crippen molar-refractivity contribution >= 4 is 21.5 Å². The molecule has 0 atom stereocenters. The lowest BCUT2D eigenvalue weighted by Gasteiger charge is -2.12. The van der Waals surface area contributed by atoms with E-state index in [-0.39, 0.29) is 28.8 Å². The minimum atomic E-state index is -3.57. The van der Waals surface area contributed by atoms with Crippen LogP contribution < -0.4 is 10.5 Å². The molecule has 20 heavy (non-hydrogen) atoms. The summed E-state index contributed by atoms with van der Waals surface area (Å²) < 4.78 is 39.3. The van der Waals surface area contributed by atoms with Gasteiger partial charge in [-0.15, -0.1) is 0 Å². The highest BCUT2D eigenvalue weighted by molar-refractivity contribution is 7.92. The molecular formula is C12H18FN3O3S. The highest BCUT2D eigenvalue weighted by Crippen LogP contribution is 2.19. The molecule has 0 aliphatic rings. The summed E-state index contributed by atoms with van der Waals surface area (Å²) in [5, 5.41) is 11.4. The summed E-state index contributed by atoms with van der Waals surface area (Å²) in [6, 6.07) is 3.32. The van der Waals surface area contributed by atoms with E-state index in [1.54, 1.807) is 0 Å². The molecule has 1 aromatic rings. The molecule has 0 saturated heterocycles. The molecule has 6 nitrogen and oxygen atoms in total. The van der Waals surface area contributed by atoms with Gasteiger partial charge in [-0.2, -0.15) is 0 Å². The van der Waals surface area contributed by atoms with Crippen LogP contribution in [0.5, 0.6) is 0 Å². The highest BCUT2D eigenvalue weighted by Gasteiger charge is 2.16. The van der Waals surface area contributed by atoms with Gasteiger partial charge in [0.05, 0.1) is 11.4 Å². The Bertz CT molecular complexity index is 600. The number of anilines is 1. The molecule has 4 N–H and O–H groups in total. The highest BCUT2D eigenvalue weighted by atomic mass is 32.2. The molecule has 1 aromatic carbocycles. The van der Waals surface area contributed by atoms with E-state index in [0.29, 0.717) is 6.42 Å². The van der Waals surface area contributed by atoms with Gasteiger partial charge in [0.1, 0.15) is 5.82 Å². The summed E-state index contributed by atoms with van der Waals surface area (Å²) in [7, 11) is -3.57. The SMILES string of the molecule is CC(C)CCS(=O)(=O)Nc1ccc(F)cc1/C(N)=N/O. The molecule has 0 fully saturated rings. The smallest absolute Gasteiger partial charge is 0.232 e. The summed E-state index contributed by atoms with van der Waals surface area (Å²) in [5.41, 5.74) is 5.46. The lowest BCUT2D eigenvalue weighted by molar-refractivity contribution is 0.318. The van der Waals surface area contributed by atoms with Crippen LogP contribution in [0.15, 0.2) is 23.4 Å². The molecule has 0 spiro atoms. The van der Waals surface area contributed by atoms with E-state index in [1.165, 1.54) is 6.07 Å². The van der Waals surface area contributed by atoms with E-state index in [1.807, 2.05) is 13.8 Å². The molecule has 0 saturated carbocycles. The number of halogens is 1. The molecule has 0 heterocycles. The van der Waals surface area contributed by atoms with Crippen LogP contribution in [-0.4, -0.2) is 25.2 Å². The number of rotatable bonds is 6. The molecule has 0 aliphatic carbocycles. The van der Waals surface area contributed by atoms with Crippen molar-refractivity contribution in [3.63, 3.8) is 0 Å². The van der Waals surface area contributed by atoms with Gasteiger partial charge in [0.15, 0.2) is 5.84 Å². The number of hydrogen-bond donors (Lipinski definition) is 3. The Morgan fingerprint density at radius 2 is 2.15 bits per heavy atom. The van der Waals surface area contributed by atoms with E-state index in [0.717, 1.165) is 12.1 Å². The molecule has 0 amide bonds. The fourth-order valence-corrected chi connectivity index (χ4v) is 2.88. The first kappa shape index (κ1) is 16.2. The summed E-state index contributed by atoms with van der Waals surface area (Å²) in [5.74, 6) is -0.802. The standard InChI is InChI=1S/C12H18FN3O3S/c1-8(2)5-6-20(18,19)16-11-4-3-9(13)7-10(11)12(14)15-17/h3-4,7-8,16-17H,5-6H2,1-2H3,(H2,14,15). The number of sulfonamides is 1. The van der Waals surface area contributed by atoms with Gasteiger partial charge < -0.3 is 10.9 Å². The first-order valence-electron chi connectivity index (χ1n) is 6.03. The summed E-state index contributed by atoms with van der Waals surface area (Å²) >= 11 is 0. The second-order valence-corrected chi connectivity index (χ2v) is 6.62. The lowest BCUT2D eigenvalue weighted by Crippen LogP contribution is -2.22. The van der Waals surface area contributed by atoms with Gasteiger partial charge in [0, 0.05) is 5.56 Å². The van der Waals surface area contributed by atoms with Gasteiger partial charge >= 0.3 is 0 Å². The number of nitrogens with one attached hydrogen (secondary N) is 1. The van der Waals surface area contributed by atoms with E-state index in [4.69, 9.17) is 10.9 Å². The van der Waals surface area contributed by atoms with Gasteiger partial charge in [-0.1, -0.05) is 19.0 Å². The van der Waals surface area contributed by atoms with Crippen LogP contribution in [0, 0.1) is 11.7 Å². The van der Waals surface area contributed by atoms with Gasteiger partial charge in [0.25, 0.3) is 0 Å². The van der Waals surface area contributed by atoms with Crippen molar-refractivity contribution in [2.75, 3.05) is 10.5 Å². The Morgan fingerprint density at radius 3 is 2.70 bits per heavy atom. The Balaban J connectivity index is 3.03. The predicted molar refractivity (Wildman–Crippen MR) is 75.8 cm³/mol. The van der Waals surface area contributed by atoms with Crippen LogP contribution in [0.2, 0.25) is 0 Å².